The van der Waals surface area contributed by atoms with Crippen LogP contribution in [0.15, 0.2) is 34.9 Å². The first kappa shape index (κ1) is 17.4. The molecule has 0 aliphatic carbocycles. The van der Waals surface area contributed by atoms with Crippen LogP contribution in [0.4, 0.5) is 13.2 Å². The summed E-state index contributed by atoms with van der Waals surface area (Å²) < 4.78 is 44.4. The van der Waals surface area contributed by atoms with Crippen molar-refractivity contribution < 1.29 is 27.5 Å². The summed E-state index contributed by atoms with van der Waals surface area (Å²) in [6.07, 6.45) is -3.37. The lowest BCUT2D eigenvalue weighted by Gasteiger charge is -2.21. The van der Waals surface area contributed by atoms with E-state index >= 15 is 0 Å². The molecule has 2 aromatic rings. The van der Waals surface area contributed by atoms with Gasteiger partial charge in [-0.05, 0) is 30.7 Å². The molecule has 0 aliphatic heterocycles. The lowest BCUT2D eigenvalue weighted by Crippen LogP contribution is -2.32. The maximum Gasteiger partial charge on any atom is 0.416 e. The molecule has 1 atom stereocenters. The van der Waals surface area contributed by atoms with Crippen molar-refractivity contribution in [1.29, 1.82) is 0 Å². The summed E-state index contributed by atoms with van der Waals surface area (Å²) in [6, 6.07) is 3.32. The van der Waals surface area contributed by atoms with Crippen molar-refractivity contribution in [1.82, 2.24) is 5.32 Å². The molecule has 4 nitrogen and oxygen atoms in total. The van der Waals surface area contributed by atoms with E-state index in [1.807, 2.05) is 0 Å². The number of rotatable bonds is 4. The minimum atomic E-state index is -4.66. The number of halogens is 4. The summed E-state index contributed by atoms with van der Waals surface area (Å²) in [5, 5.41) is 11.7. The van der Waals surface area contributed by atoms with Crippen molar-refractivity contribution in [2.24, 2.45) is 0 Å². The number of aryl methyl sites for hydroxylation is 1. The predicted molar refractivity (Wildman–Crippen MR) is 77.2 cm³/mol. The maximum absolute atomic E-state index is 13.1. The summed E-state index contributed by atoms with van der Waals surface area (Å²) in [7, 11) is 0. The van der Waals surface area contributed by atoms with Gasteiger partial charge in [-0.1, -0.05) is 17.7 Å². The van der Waals surface area contributed by atoms with E-state index in [-0.39, 0.29) is 16.1 Å². The minimum Gasteiger partial charge on any atom is -0.469 e. The number of aliphatic hydroxyl groups is 1. The molecule has 1 aromatic heterocycles. The number of hydrogen-bond donors (Lipinski definition) is 2. The van der Waals surface area contributed by atoms with Crippen molar-refractivity contribution in [3.63, 3.8) is 0 Å². The van der Waals surface area contributed by atoms with E-state index in [1.54, 1.807) is 6.92 Å². The van der Waals surface area contributed by atoms with Crippen molar-refractivity contribution in [2.45, 2.75) is 19.1 Å². The Balaban J connectivity index is 2.35. The van der Waals surface area contributed by atoms with E-state index in [2.05, 4.69) is 5.32 Å². The monoisotopic (exact) mass is 347 g/mol. The average Bonchev–Trinajstić information content (AvgIpc) is 2.90. The number of alkyl halides is 3. The molecule has 0 radical (unpaired) electrons. The molecule has 0 bridgehead atoms. The van der Waals surface area contributed by atoms with Gasteiger partial charge in [0, 0.05) is 5.02 Å². The molecule has 0 saturated carbocycles. The summed E-state index contributed by atoms with van der Waals surface area (Å²) in [5.74, 6) is -0.315. The van der Waals surface area contributed by atoms with Crippen LogP contribution in [0.5, 0.6) is 0 Å². The Morgan fingerprint density at radius 2 is 2.09 bits per heavy atom. The number of amides is 1. The molecule has 2 rings (SSSR count). The highest BCUT2D eigenvalue weighted by atomic mass is 35.5. The van der Waals surface area contributed by atoms with Gasteiger partial charge in [0.05, 0.1) is 30.0 Å². The van der Waals surface area contributed by atoms with Gasteiger partial charge in [0.2, 0.25) is 0 Å². The Hall–Kier alpha value is -1.99. The van der Waals surface area contributed by atoms with Crippen LogP contribution in [0.1, 0.15) is 33.3 Å². The predicted octanol–water partition coefficient (Wildman–Crippen LogP) is 3.72. The summed E-state index contributed by atoms with van der Waals surface area (Å²) in [6.45, 7) is 0.847. The molecule has 124 valence electrons. The molecule has 2 N–H and O–H groups in total. The third-order valence-electron chi connectivity index (χ3n) is 3.29. The Morgan fingerprint density at radius 3 is 2.61 bits per heavy atom. The van der Waals surface area contributed by atoms with E-state index in [4.69, 9.17) is 16.0 Å². The van der Waals surface area contributed by atoms with Gasteiger partial charge in [-0.2, -0.15) is 13.2 Å². The zero-order valence-corrected chi connectivity index (χ0v) is 12.7. The van der Waals surface area contributed by atoms with E-state index in [0.29, 0.717) is 5.76 Å². The van der Waals surface area contributed by atoms with Crippen LogP contribution < -0.4 is 5.32 Å². The lowest BCUT2D eigenvalue weighted by atomic mass is 10.00. The molecule has 1 heterocycles. The first-order valence-corrected chi connectivity index (χ1v) is 6.94. The van der Waals surface area contributed by atoms with Crippen molar-refractivity contribution in [2.75, 3.05) is 6.61 Å². The maximum atomic E-state index is 13.1. The molecule has 0 saturated heterocycles. The standard InChI is InChI=1S/C15H13ClF3NO3/c1-8-10(4-5-23-8)14(22)20-13(7-21)11-3-2-9(16)6-12(11)15(17,18)19/h2-6,13,21H,7H2,1H3,(H,20,22)/t13-/m0/s1. The third kappa shape index (κ3) is 3.86. The smallest absolute Gasteiger partial charge is 0.416 e. The van der Waals surface area contributed by atoms with E-state index < -0.39 is 30.3 Å². The highest BCUT2D eigenvalue weighted by Crippen LogP contribution is 2.36. The second-order valence-corrected chi connectivity index (χ2v) is 5.26. The number of nitrogens with one attached hydrogen (secondary N) is 1. The van der Waals surface area contributed by atoms with Crippen molar-refractivity contribution in [3.05, 3.63) is 58.0 Å². The van der Waals surface area contributed by atoms with Crippen molar-refractivity contribution >= 4 is 17.5 Å². The van der Waals surface area contributed by atoms with E-state index in [1.165, 1.54) is 18.4 Å². The molecule has 0 aliphatic rings. The second-order valence-electron chi connectivity index (χ2n) is 4.83. The van der Waals surface area contributed by atoms with Crippen LogP contribution in [-0.4, -0.2) is 17.6 Å². The van der Waals surface area contributed by atoms with Crippen LogP contribution in [0.25, 0.3) is 0 Å². The largest absolute Gasteiger partial charge is 0.469 e. The first-order valence-electron chi connectivity index (χ1n) is 6.56. The van der Waals surface area contributed by atoms with Gasteiger partial charge in [-0.25, -0.2) is 0 Å². The molecule has 0 fully saturated rings. The molecule has 1 aromatic carbocycles. The number of aliphatic hydroxyl groups excluding tert-OH is 1. The number of furan rings is 1. The number of carbonyl (C=O) groups excluding carboxylic acids is 1. The fraction of sp³-hybridized carbons (Fsp3) is 0.267. The van der Waals surface area contributed by atoms with Crippen LogP contribution in [0, 0.1) is 6.92 Å². The van der Waals surface area contributed by atoms with Crippen LogP contribution >= 0.6 is 11.6 Å². The molecule has 0 unspecified atom stereocenters. The van der Waals surface area contributed by atoms with Gasteiger partial charge in [0.15, 0.2) is 0 Å². The minimum absolute atomic E-state index is 0.0882. The van der Waals surface area contributed by atoms with Crippen LogP contribution in [0.2, 0.25) is 5.02 Å². The quantitative estimate of drug-likeness (QED) is 0.886. The second kappa shape index (κ2) is 6.64. The molecule has 8 heteroatoms. The van der Waals surface area contributed by atoms with E-state index in [9.17, 15) is 23.1 Å². The first-order chi connectivity index (χ1) is 10.7. The summed E-state index contributed by atoms with van der Waals surface area (Å²) in [4.78, 5) is 12.1. The number of benzene rings is 1. The number of hydrogen-bond acceptors (Lipinski definition) is 3. The topological polar surface area (TPSA) is 62.5 Å². The molecular weight excluding hydrogens is 335 g/mol. The fourth-order valence-electron chi connectivity index (χ4n) is 2.16. The van der Waals surface area contributed by atoms with Gasteiger partial charge in [-0.3, -0.25) is 4.79 Å². The third-order valence-corrected chi connectivity index (χ3v) is 3.52. The van der Waals surface area contributed by atoms with Gasteiger partial charge in [0.1, 0.15) is 5.76 Å². The molecule has 0 spiro atoms. The summed E-state index contributed by atoms with van der Waals surface area (Å²) in [5.41, 5.74) is -1.09. The Bertz CT molecular complexity index is 712. The molecular formula is C15H13ClF3NO3. The lowest BCUT2D eigenvalue weighted by molar-refractivity contribution is -0.138. The van der Waals surface area contributed by atoms with E-state index in [0.717, 1.165) is 12.1 Å². The van der Waals surface area contributed by atoms with Crippen molar-refractivity contribution in [3.8, 4) is 0 Å². The molecule has 1 amide bonds. The zero-order chi connectivity index (χ0) is 17.2. The molecule has 23 heavy (non-hydrogen) atoms. The Morgan fingerprint density at radius 1 is 1.39 bits per heavy atom. The van der Waals surface area contributed by atoms with Crippen LogP contribution in [-0.2, 0) is 6.18 Å². The highest BCUT2D eigenvalue weighted by molar-refractivity contribution is 6.30. The van der Waals surface area contributed by atoms with Gasteiger partial charge in [-0.15, -0.1) is 0 Å². The zero-order valence-electron chi connectivity index (χ0n) is 11.9. The normalized spacial score (nSPS) is 13.0. The summed E-state index contributed by atoms with van der Waals surface area (Å²) >= 11 is 5.62. The van der Waals surface area contributed by atoms with Crippen LogP contribution in [0.3, 0.4) is 0 Å². The Kier molecular flexibility index (Phi) is 5.01. The number of carbonyl (C=O) groups is 1. The van der Waals surface area contributed by atoms with Gasteiger partial charge >= 0.3 is 6.18 Å². The SMILES string of the molecule is Cc1occc1C(=O)N[C@@H](CO)c1ccc(Cl)cc1C(F)(F)F. The van der Waals surface area contributed by atoms with Gasteiger partial charge in [0.25, 0.3) is 5.91 Å². The fourth-order valence-corrected chi connectivity index (χ4v) is 2.33. The Labute approximate surface area is 134 Å². The highest BCUT2D eigenvalue weighted by Gasteiger charge is 2.36. The van der Waals surface area contributed by atoms with Gasteiger partial charge < -0.3 is 14.8 Å². The average molecular weight is 348 g/mol.